The summed E-state index contributed by atoms with van der Waals surface area (Å²) in [5.74, 6) is 0. The SMILES string of the molecule is Cc1cc(C)c(-c2ccccc2P(C)c2ccccc2)c(C)c1.[B]. The van der Waals surface area contributed by atoms with Crippen molar-refractivity contribution < 1.29 is 0 Å². The Bertz CT molecular complexity index is 801. The number of benzene rings is 3. The van der Waals surface area contributed by atoms with E-state index in [1.807, 2.05) is 0 Å². The Hall–Kier alpha value is -1.85. The maximum absolute atomic E-state index is 2.36. The highest BCUT2D eigenvalue weighted by Crippen LogP contribution is 2.36. The summed E-state index contributed by atoms with van der Waals surface area (Å²) in [6.45, 7) is 8.99. The summed E-state index contributed by atoms with van der Waals surface area (Å²) in [6, 6.07) is 24.3. The molecule has 1 unspecified atom stereocenters. The van der Waals surface area contributed by atoms with Crippen LogP contribution in [0.15, 0.2) is 66.7 Å². The van der Waals surface area contributed by atoms with Crippen molar-refractivity contribution in [2.24, 2.45) is 0 Å². The molecule has 0 saturated carbocycles. The standard InChI is InChI=1S/C22H23P.B/c1-16-14-17(2)22(18(3)15-16)20-12-8-9-13-21(20)23(4)19-10-6-5-7-11-19;/h5-15H,1-4H3;. The van der Waals surface area contributed by atoms with Gasteiger partial charge in [0, 0.05) is 8.41 Å². The van der Waals surface area contributed by atoms with Gasteiger partial charge >= 0.3 is 0 Å². The van der Waals surface area contributed by atoms with Gasteiger partial charge in [0.25, 0.3) is 0 Å². The van der Waals surface area contributed by atoms with Crippen LogP contribution in [-0.4, -0.2) is 15.1 Å². The first kappa shape index (κ1) is 18.5. The summed E-state index contributed by atoms with van der Waals surface area (Å²) in [7, 11) is -0.348. The van der Waals surface area contributed by atoms with Gasteiger partial charge in [-0.3, -0.25) is 0 Å². The zero-order chi connectivity index (χ0) is 16.4. The molecule has 0 aromatic heterocycles. The van der Waals surface area contributed by atoms with E-state index in [9.17, 15) is 0 Å². The molecule has 0 N–H and O–H groups in total. The maximum atomic E-state index is 2.36. The van der Waals surface area contributed by atoms with Gasteiger partial charge in [-0.1, -0.05) is 72.3 Å². The molecular weight excluding hydrogens is 306 g/mol. The van der Waals surface area contributed by atoms with Crippen LogP contribution in [0, 0.1) is 20.8 Å². The number of rotatable bonds is 3. The highest BCUT2D eigenvalue weighted by Gasteiger charge is 2.16. The Balaban J connectivity index is 0.00000208. The number of hydrogen-bond donors (Lipinski definition) is 0. The minimum absolute atomic E-state index is 0. The van der Waals surface area contributed by atoms with E-state index in [1.165, 1.54) is 38.4 Å². The molecule has 0 bridgehead atoms. The monoisotopic (exact) mass is 329 g/mol. The molecule has 0 aliphatic carbocycles. The van der Waals surface area contributed by atoms with Crippen molar-refractivity contribution in [2.75, 3.05) is 6.66 Å². The van der Waals surface area contributed by atoms with Gasteiger partial charge in [0.15, 0.2) is 0 Å². The Labute approximate surface area is 149 Å². The van der Waals surface area contributed by atoms with Gasteiger partial charge in [0.1, 0.15) is 0 Å². The molecule has 119 valence electrons. The van der Waals surface area contributed by atoms with Crippen LogP contribution in [0.4, 0.5) is 0 Å². The van der Waals surface area contributed by atoms with Crippen molar-refractivity contribution in [2.45, 2.75) is 20.8 Å². The van der Waals surface area contributed by atoms with E-state index < -0.39 is 0 Å². The predicted molar refractivity (Wildman–Crippen MR) is 110 cm³/mol. The molecule has 3 radical (unpaired) electrons. The third-order valence-electron chi connectivity index (χ3n) is 4.36. The summed E-state index contributed by atoms with van der Waals surface area (Å²) < 4.78 is 0. The first-order chi connectivity index (χ1) is 11.1. The second-order valence-electron chi connectivity index (χ2n) is 6.19. The predicted octanol–water partition coefficient (Wildman–Crippen LogP) is 4.96. The topological polar surface area (TPSA) is 0 Å². The third-order valence-corrected chi connectivity index (χ3v) is 6.54. The average molecular weight is 329 g/mol. The third kappa shape index (κ3) is 3.63. The van der Waals surface area contributed by atoms with Crippen LogP contribution >= 0.6 is 7.92 Å². The quantitative estimate of drug-likeness (QED) is 0.471. The van der Waals surface area contributed by atoms with E-state index >= 15 is 0 Å². The first-order valence-corrected chi connectivity index (χ1v) is 9.83. The van der Waals surface area contributed by atoms with Gasteiger partial charge in [0.2, 0.25) is 0 Å². The highest BCUT2D eigenvalue weighted by atomic mass is 31.1. The second-order valence-corrected chi connectivity index (χ2v) is 8.30. The minimum atomic E-state index is -0.348. The van der Waals surface area contributed by atoms with Crippen molar-refractivity contribution in [1.82, 2.24) is 0 Å². The zero-order valence-corrected chi connectivity index (χ0v) is 15.8. The molecule has 0 fully saturated rings. The summed E-state index contributed by atoms with van der Waals surface area (Å²) in [6.07, 6.45) is 0. The molecule has 3 aromatic rings. The van der Waals surface area contributed by atoms with Gasteiger partial charge in [-0.2, -0.15) is 0 Å². The first-order valence-electron chi connectivity index (χ1n) is 8.04. The van der Waals surface area contributed by atoms with Crippen LogP contribution in [0.5, 0.6) is 0 Å². The fourth-order valence-electron chi connectivity index (χ4n) is 3.37. The van der Waals surface area contributed by atoms with E-state index in [-0.39, 0.29) is 16.3 Å². The zero-order valence-electron chi connectivity index (χ0n) is 14.9. The fourth-order valence-corrected chi connectivity index (χ4v) is 5.13. The van der Waals surface area contributed by atoms with Crippen LogP contribution < -0.4 is 10.6 Å². The Morgan fingerprint density at radius 2 is 1.25 bits per heavy atom. The van der Waals surface area contributed by atoms with Crippen LogP contribution in [0.2, 0.25) is 0 Å². The molecule has 2 heteroatoms. The van der Waals surface area contributed by atoms with Crippen molar-refractivity contribution >= 4 is 26.9 Å². The number of aryl methyl sites for hydroxylation is 3. The van der Waals surface area contributed by atoms with E-state index in [2.05, 4.69) is 94.2 Å². The molecule has 3 rings (SSSR count). The smallest absolute Gasteiger partial charge is 0 e. The summed E-state index contributed by atoms with van der Waals surface area (Å²) >= 11 is 0. The average Bonchev–Trinajstić information content (AvgIpc) is 2.54. The van der Waals surface area contributed by atoms with Gasteiger partial charge in [-0.25, -0.2) is 0 Å². The lowest BCUT2D eigenvalue weighted by molar-refractivity contribution is 1.32. The van der Waals surface area contributed by atoms with Crippen LogP contribution in [0.1, 0.15) is 16.7 Å². The van der Waals surface area contributed by atoms with Crippen molar-refractivity contribution in [3.63, 3.8) is 0 Å². The molecule has 0 aliphatic rings. The van der Waals surface area contributed by atoms with Crippen molar-refractivity contribution in [3.05, 3.63) is 83.4 Å². The van der Waals surface area contributed by atoms with E-state index in [0.29, 0.717) is 0 Å². The van der Waals surface area contributed by atoms with Gasteiger partial charge < -0.3 is 0 Å². The van der Waals surface area contributed by atoms with Gasteiger partial charge in [-0.15, -0.1) is 0 Å². The van der Waals surface area contributed by atoms with Crippen LogP contribution in [0.25, 0.3) is 11.1 Å². The molecule has 0 amide bonds. The Kier molecular flexibility index (Phi) is 6.02. The molecular formula is C22H23BP. The molecule has 1 atom stereocenters. The maximum Gasteiger partial charge on any atom is 0 e. The van der Waals surface area contributed by atoms with Crippen LogP contribution in [0.3, 0.4) is 0 Å². The molecule has 0 aliphatic heterocycles. The lowest BCUT2D eigenvalue weighted by atomic mass is 9.94. The number of hydrogen-bond acceptors (Lipinski definition) is 0. The normalized spacial score (nSPS) is 11.7. The minimum Gasteiger partial charge on any atom is -0.0622 e. The molecule has 0 heterocycles. The van der Waals surface area contributed by atoms with E-state index in [1.54, 1.807) is 0 Å². The van der Waals surface area contributed by atoms with E-state index in [4.69, 9.17) is 0 Å². The second kappa shape index (κ2) is 7.82. The van der Waals surface area contributed by atoms with Gasteiger partial charge in [0.05, 0.1) is 0 Å². The van der Waals surface area contributed by atoms with Crippen molar-refractivity contribution in [1.29, 1.82) is 0 Å². The lowest BCUT2D eigenvalue weighted by Crippen LogP contribution is -2.13. The van der Waals surface area contributed by atoms with Crippen molar-refractivity contribution in [3.8, 4) is 11.1 Å². The molecule has 0 saturated heterocycles. The largest absolute Gasteiger partial charge is 0.0622 e. The molecule has 0 nitrogen and oxygen atoms in total. The van der Waals surface area contributed by atoms with E-state index in [0.717, 1.165) is 0 Å². The molecule has 24 heavy (non-hydrogen) atoms. The molecule has 3 aromatic carbocycles. The Morgan fingerprint density at radius 3 is 1.88 bits per heavy atom. The fraction of sp³-hybridized carbons (Fsp3) is 0.182. The van der Waals surface area contributed by atoms with Crippen LogP contribution in [-0.2, 0) is 0 Å². The lowest BCUT2D eigenvalue weighted by Gasteiger charge is -2.20. The summed E-state index contributed by atoms with van der Waals surface area (Å²) in [5.41, 5.74) is 6.86. The highest BCUT2D eigenvalue weighted by molar-refractivity contribution is 7.72. The summed E-state index contributed by atoms with van der Waals surface area (Å²) in [4.78, 5) is 0. The summed E-state index contributed by atoms with van der Waals surface area (Å²) in [5, 5.41) is 2.89. The Morgan fingerprint density at radius 1 is 0.708 bits per heavy atom. The van der Waals surface area contributed by atoms with Gasteiger partial charge in [-0.05, 0) is 68.2 Å². The molecule has 0 spiro atoms.